The first kappa shape index (κ1) is 17.6. The van der Waals surface area contributed by atoms with Gasteiger partial charge in [0.2, 0.25) is 11.7 Å². The highest BCUT2D eigenvalue weighted by Crippen LogP contribution is 2.43. The lowest BCUT2D eigenvalue weighted by Crippen LogP contribution is -2.45. The summed E-state index contributed by atoms with van der Waals surface area (Å²) in [6.07, 6.45) is 3.50. The first-order chi connectivity index (χ1) is 12.4. The van der Waals surface area contributed by atoms with Crippen molar-refractivity contribution in [3.63, 3.8) is 0 Å². The molecule has 7 heteroatoms. The number of morpholine rings is 1. The summed E-state index contributed by atoms with van der Waals surface area (Å²) in [4.78, 5) is 9.04. The standard InChI is InChI=1S/C19H26N4O3/c1-19(2,3)18-22-17(23-26-18)14-8-12(13(9-21-14)11-4-5-11)16(24)15-10-25-7-6-20-15/h8-9,11,15-16,20,24H,4-7,10H2,1-3H3. The van der Waals surface area contributed by atoms with E-state index in [0.29, 0.717) is 36.5 Å². The molecular formula is C19H26N4O3. The van der Waals surface area contributed by atoms with Gasteiger partial charge in [0.25, 0.3) is 0 Å². The molecule has 2 aliphatic rings. The Morgan fingerprint density at radius 3 is 2.73 bits per heavy atom. The highest BCUT2D eigenvalue weighted by atomic mass is 16.5. The second-order valence-corrected chi connectivity index (χ2v) is 8.23. The van der Waals surface area contributed by atoms with E-state index < -0.39 is 6.10 Å². The SMILES string of the molecule is CC(C)(C)c1nc(-c2cc(C(O)C3COCCN3)c(C3CC3)cn2)no1. The number of nitrogens with one attached hydrogen (secondary N) is 1. The maximum absolute atomic E-state index is 11.0. The first-order valence-corrected chi connectivity index (χ1v) is 9.27. The van der Waals surface area contributed by atoms with Crippen molar-refractivity contribution in [3.8, 4) is 11.5 Å². The molecule has 4 rings (SSSR count). The van der Waals surface area contributed by atoms with Crippen molar-refractivity contribution in [1.29, 1.82) is 0 Å². The third kappa shape index (κ3) is 3.51. The molecule has 26 heavy (non-hydrogen) atoms. The van der Waals surface area contributed by atoms with Gasteiger partial charge >= 0.3 is 0 Å². The van der Waals surface area contributed by atoms with Gasteiger partial charge in [-0.2, -0.15) is 4.98 Å². The minimum atomic E-state index is -0.651. The van der Waals surface area contributed by atoms with E-state index in [1.807, 2.05) is 33.0 Å². The number of nitrogens with zero attached hydrogens (tertiary/aromatic N) is 3. The van der Waals surface area contributed by atoms with Gasteiger partial charge in [0.05, 0.1) is 25.4 Å². The van der Waals surface area contributed by atoms with E-state index in [4.69, 9.17) is 9.26 Å². The van der Waals surface area contributed by atoms with Gasteiger partial charge in [-0.25, -0.2) is 0 Å². The van der Waals surface area contributed by atoms with Crippen LogP contribution < -0.4 is 5.32 Å². The van der Waals surface area contributed by atoms with Crippen LogP contribution in [0.3, 0.4) is 0 Å². The Hall–Kier alpha value is -1.83. The van der Waals surface area contributed by atoms with E-state index in [9.17, 15) is 5.11 Å². The zero-order valence-corrected chi connectivity index (χ0v) is 15.5. The molecule has 0 bridgehead atoms. The van der Waals surface area contributed by atoms with E-state index in [1.165, 1.54) is 0 Å². The molecule has 0 aromatic carbocycles. The zero-order chi connectivity index (χ0) is 18.3. The Labute approximate surface area is 153 Å². The third-order valence-electron chi connectivity index (χ3n) is 4.93. The second-order valence-electron chi connectivity index (χ2n) is 8.23. The quantitative estimate of drug-likeness (QED) is 0.866. The topological polar surface area (TPSA) is 93.3 Å². The van der Waals surface area contributed by atoms with Crippen LogP contribution in [0.4, 0.5) is 0 Å². The van der Waals surface area contributed by atoms with Crippen molar-refractivity contribution in [1.82, 2.24) is 20.4 Å². The molecule has 0 spiro atoms. The summed E-state index contributed by atoms with van der Waals surface area (Å²) in [7, 11) is 0. The van der Waals surface area contributed by atoms with E-state index >= 15 is 0 Å². The summed E-state index contributed by atoms with van der Waals surface area (Å²) >= 11 is 0. The molecule has 0 radical (unpaired) electrons. The molecule has 2 N–H and O–H groups in total. The normalized spacial score (nSPS) is 22.4. The van der Waals surface area contributed by atoms with Crippen molar-refractivity contribution in [3.05, 3.63) is 29.3 Å². The van der Waals surface area contributed by atoms with Crippen LogP contribution >= 0.6 is 0 Å². The molecule has 2 unspecified atom stereocenters. The minimum absolute atomic E-state index is 0.119. The molecule has 0 amide bonds. The lowest BCUT2D eigenvalue weighted by molar-refractivity contribution is 0.0174. The van der Waals surface area contributed by atoms with Crippen LogP contribution in [0.2, 0.25) is 0 Å². The fourth-order valence-electron chi connectivity index (χ4n) is 3.23. The summed E-state index contributed by atoms with van der Waals surface area (Å²) in [6.45, 7) is 8.00. The number of rotatable bonds is 4. The average Bonchev–Trinajstić information content (AvgIpc) is 3.35. The number of aliphatic hydroxyl groups is 1. The number of aromatic nitrogens is 3. The van der Waals surface area contributed by atoms with Gasteiger partial charge in [-0.15, -0.1) is 0 Å². The molecule has 2 aromatic heterocycles. The Balaban J connectivity index is 1.68. The van der Waals surface area contributed by atoms with Crippen LogP contribution in [-0.4, -0.2) is 46.0 Å². The lowest BCUT2D eigenvalue weighted by atomic mass is 9.95. The van der Waals surface area contributed by atoms with Gasteiger partial charge in [-0.05, 0) is 36.0 Å². The predicted molar refractivity (Wildman–Crippen MR) is 95.8 cm³/mol. The summed E-state index contributed by atoms with van der Waals surface area (Å²) in [5.74, 6) is 1.52. The second kappa shape index (κ2) is 6.72. The Bertz CT molecular complexity index is 773. The number of ether oxygens (including phenoxy) is 1. The minimum Gasteiger partial charge on any atom is -0.387 e. The molecule has 2 atom stereocenters. The van der Waals surface area contributed by atoms with Crippen LogP contribution in [0.1, 0.15) is 62.7 Å². The molecule has 2 fully saturated rings. The first-order valence-electron chi connectivity index (χ1n) is 9.27. The van der Waals surface area contributed by atoms with Crippen molar-refractivity contribution >= 4 is 0 Å². The van der Waals surface area contributed by atoms with Crippen LogP contribution in [-0.2, 0) is 10.2 Å². The van der Waals surface area contributed by atoms with Crippen molar-refractivity contribution in [2.45, 2.75) is 57.1 Å². The van der Waals surface area contributed by atoms with E-state index in [1.54, 1.807) is 0 Å². The van der Waals surface area contributed by atoms with Crippen LogP contribution in [0.15, 0.2) is 16.8 Å². The maximum atomic E-state index is 11.0. The van der Waals surface area contributed by atoms with Crippen molar-refractivity contribution in [2.24, 2.45) is 0 Å². The van der Waals surface area contributed by atoms with Crippen molar-refractivity contribution < 1.29 is 14.4 Å². The monoisotopic (exact) mass is 358 g/mol. The molecule has 7 nitrogen and oxygen atoms in total. The summed E-state index contributed by atoms with van der Waals surface area (Å²) in [5, 5.41) is 18.4. The molecular weight excluding hydrogens is 332 g/mol. The predicted octanol–water partition coefficient (Wildman–Crippen LogP) is 2.33. The molecule has 1 aliphatic heterocycles. The fraction of sp³-hybridized carbons (Fsp3) is 0.632. The van der Waals surface area contributed by atoms with Gasteiger partial charge in [0, 0.05) is 18.2 Å². The smallest absolute Gasteiger partial charge is 0.232 e. The van der Waals surface area contributed by atoms with Gasteiger partial charge in [-0.3, -0.25) is 4.98 Å². The van der Waals surface area contributed by atoms with Gasteiger partial charge in [-0.1, -0.05) is 25.9 Å². The van der Waals surface area contributed by atoms with Crippen LogP contribution in [0, 0.1) is 0 Å². The van der Waals surface area contributed by atoms with E-state index in [-0.39, 0.29) is 11.5 Å². The summed E-state index contributed by atoms with van der Waals surface area (Å²) < 4.78 is 10.9. The Morgan fingerprint density at radius 2 is 2.12 bits per heavy atom. The fourth-order valence-corrected chi connectivity index (χ4v) is 3.23. The number of pyridine rings is 1. The van der Waals surface area contributed by atoms with E-state index in [2.05, 4.69) is 20.4 Å². The molecule has 2 aromatic rings. The lowest BCUT2D eigenvalue weighted by Gasteiger charge is -2.29. The summed E-state index contributed by atoms with van der Waals surface area (Å²) in [5.41, 5.74) is 2.42. The molecule has 1 aliphatic carbocycles. The van der Waals surface area contributed by atoms with Gasteiger partial charge < -0.3 is 19.7 Å². The molecule has 1 saturated carbocycles. The zero-order valence-electron chi connectivity index (χ0n) is 15.5. The number of aliphatic hydroxyl groups excluding tert-OH is 1. The molecule has 140 valence electrons. The molecule has 3 heterocycles. The Kier molecular flexibility index (Phi) is 4.54. The largest absolute Gasteiger partial charge is 0.387 e. The maximum Gasteiger partial charge on any atom is 0.232 e. The van der Waals surface area contributed by atoms with Crippen molar-refractivity contribution in [2.75, 3.05) is 19.8 Å². The molecule has 1 saturated heterocycles. The van der Waals surface area contributed by atoms with Gasteiger partial charge in [0.15, 0.2) is 0 Å². The van der Waals surface area contributed by atoms with Crippen LogP contribution in [0.25, 0.3) is 11.5 Å². The van der Waals surface area contributed by atoms with E-state index in [0.717, 1.165) is 30.5 Å². The average molecular weight is 358 g/mol. The van der Waals surface area contributed by atoms with Crippen LogP contribution in [0.5, 0.6) is 0 Å². The highest BCUT2D eigenvalue weighted by molar-refractivity contribution is 5.52. The number of hydrogen-bond donors (Lipinski definition) is 2. The highest BCUT2D eigenvalue weighted by Gasteiger charge is 2.33. The summed E-state index contributed by atoms with van der Waals surface area (Å²) in [6, 6.07) is 1.79. The Morgan fingerprint density at radius 1 is 1.31 bits per heavy atom. The third-order valence-corrected chi connectivity index (χ3v) is 4.93. The number of hydrogen-bond acceptors (Lipinski definition) is 7. The van der Waals surface area contributed by atoms with Gasteiger partial charge in [0.1, 0.15) is 5.69 Å².